The Bertz CT molecular complexity index is 133. The molecule has 0 bridgehead atoms. The van der Waals surface area contributed by atoms with Gasteiger partial charge in [0.25, 0.3) is 0 Å². The van der Waals surface area contributed by atoms with E-state index in [4.69, 9.17) is 3.07 Å². The molecule has 2 nitrogen and oxygen atoms in total. The van der Waals surface area contributed by atoms with Crippen molar-refractivity contribution < 1.29 is 6.15 Å². The van der Waals surface area contributed by atoms with E-state index in [0.717, 1.165) is 36.7 Å². The van der Waals surface area contributed by atoms with Gasteiger partial charge in [-0.2, -0.15) is 0 Å². The molecule has 3 heteroatoms. The van der Waals surface area contributed by atoms with Crippen molar-refractivity contribution in [2.75, 3.05) is 6.61 Å². The number of rotatable bonds is 8. The van der Waals surface area contributed by atoms with Gasteiger partial charge in [-0.05, 0) is 0 Å². The van der Waals surface area contributed by atoms with Crippen LogP contribution in [0.2, 0.25) is 4.44 Å². The molecule has 0 N–H and O–H groups in total. The Morgan fingerprint density at radius 1 is 1.23 bits per heavy atom. The van der Waals surface area contributed by atoms with Gasteiger partial charge < -0.3 is 0 Å². The van der Waals surface area contributed by atoms with Gasteiger partial charge in [-0.1, -0.05) is 0 Å². The molecule has 0 fully saturated rings. The predicted molar refractivity (Wildman–Crippen MR) is 56.2 cm³/mol. The summed E-state index contributed by atoms with van der Waals surface area (Å²) in [7, 11) is 0. The zero-order valence-electron chi connectivity index (χ0n) is 9.14. The molecule has 78 valence electrons. The molecule has 0 radical (unpaired) electrons. The van der Waals surface area contributed by atoms with Crippen molar-refractivity contribution in [3.63, 3.8) is 0 Å². The van der Waals surface area contributed by atoms with Gasteiger partial charge in [-0.15, -0.1) is 0 Å². The monoisotopic (exact) mass is 294 g/mol. The fourth-order valence-corrected chi connectivity index (χ4v) is 4.58. The molecule has 0 aromatic heterocycles. The van der Waals surface area contributed by atoms with Crippen LogP contribution in [0.4, 0.5) is 0 Å². The summed E-state index contributed by atoms with van der Waals surface area (Å²) in [4.78, 5) is 0. The molecule has 0 aromatic carbocycles. The first-order valence-electron chi connectivity index (χ1n) is 5.40. The van der Waals surface area contributed by atoms with Crippen LogP contribution in [0.3, 0.4) is 0 Å². The van der Waals surface area contributed by atoms with Crippen LogP contribution in [0.1, 0.15) is 46.5 Å². The van der Waals surface area contributed by atoms with Crippen molar-refractivity contribution in [2.24, 2.45) is 5.92 Å². The molecule has 0 aliphatic rings. The number of hydrogen-bond donors (Lipinski definition) is 0. The van der Waals surface area contributed by atoms with Crippen LogP contribution in [0.25, 0.3) is 0 Å². The van der Waals surface area contributed by atoms with Crippen LogP contribution >= 0.6 is 0 Å². The first kappa shape index (κ1) is 13.6. The molecule has 0 unspecified atom stereocenters. The topological polar surface area (TPSA) is 26.3 Å². The maximum atomic E-state index is 11.4. The minimum absolute atomic E-state index is 0.617. The van der Waals surface area contributed by atoms with Crippen molar-refractivity contribution in [1.82, 2.24) is 0 Å². The zero-order valence-corrected chi connectivity index (χ0v) is 12.0. The van der Waals surface area contributed by atoms with E-state index in [1.807, 2.05) is 0 Å². The third kappa shape index (κ3) is 7.62. The van der Waals surface area contributed by atoms with Crippen LogP contribution < -0.4 is 0 Å². The van der Waals surface area contributed by atoms with E-state index < -0.39 is 20.2 Å². The Morgan fingerprint density at radius 2 is 1.85 bits per heavy atom. The second-order valence-corrected chi connectivity index (χ2v) is 7.84. The van der Waals surface area contributed by atoms with Gasteiger partial charge in [-0.25, -0.2) is 0 Å². The summed E-state index contributed by atoms with van der Waals surface area (Å²) in [5.74, 6) is 0.617. The Labute approximate surface area is 89.7 Å². The van der Waals surface area contributed by atoms with Crippen molar-refractivity contribution in [1.29, 1.82) is 0 Å². The van der Waals surface area contributed by atoms with Gasteiger partial charge in [0.1, 0.15) is 0 Å². The van der Waals surface area contributed by atoms with E-state index in [9.17, 15) is 3.08 Å². The van der Waals surface area contributed by atoms with E-state index >= 15 is 0 Å². The Morgan fingerprint density at radius 3 is 2.31 bits per heavy atom. The standard InChI is InChI=1S/C6H13O.C4H9.O.Sn/c1-3-6(4-2)5-7;1-3-4-2;;/h6H,3-5H2,1-2H3;1,3-4H2,2H3;;/q-1;;;+1. The molecule has 0 saturated carbocycles. The molecular formula is C10H22O2Sn. The summed E-state index contributed by atoms with van der Waals surface area (Å²) in [6.07, 6.45) is 4.48. The first-order valence-corrected chi connectivity index (χ1v) is 9.75. The second-order valence-electron chi connectivity index (χ2n) is 3.47. The fourth-order valence-electron chi connectivity index (χ4n) is 1.13. The van der Waals surface area contributed by atoms with Crippen LogP contribution in [0.15, 0.2) is 0 Å². The fraction of sp³-hybridized carbons (Fsp3) is 1.00. The molecular weight excluding hydrogens is 271 g/mol. The maximum absolute atomic E-state index is 11.4. The molecule has 0 aliphatic carbocycles. The van der Waals surface area contributed by atoms with Gasteiger partial charge >= 0.3 is 89.7 Å². The summed E-state index contributed by atoms with van der Waals surface area (Å²) in [5.41, 5.74) is 0. The average Bonchev–Trinajstić information content (AvgIpc) is 2.16. The normalized spacial score (nSPS) is 10.8. The Balaban J connectivity index is 3.44. The quantitative estimate of drug-likeness (QED) is 0.643. The third-order valence-electron chi connectivity index (χ3n) is 2.37. The zero-order chi connectivity index (χ0) is 10.1. The predicted octanol–water partition coefficient (Wildman–Crippen LogP) is 3.16. The van der Waals surface area contributed by atoms with Crippen molar-refractivity contribution in [3.8, 4) is 0 Å². The minimum atomic E-state index is -2.58. The Hall–Kier alpha value is 0.559. The van der Waals surface area contributed by atoms with Crippen molar-refractivity contribution >= 4 is 20.2 Å². The van der Waals surface area contributed by atoms with E-state index in [-0.39, 0.29) is 0 Å². The van der Waals surface area contributed by atoms with Gasteiger partial charge in [0.15, 0.2) is 0 Å². The summed E-state index contributed by atoms with van der Waals surface area (Å²) in [5, 5.41) is 0. The summed E-state index contributed by atoms with van der Waals surface area (Å²) in [6.45, 7) is 7.18. The summed E-state index contributed by atoms with van der Waals surface area (Å²) < 4.78 is 17.7. The van der Waals surface area contributed by atoms with E-state index in [2.05, 4.69) is 20.8 Å². The number of unbranched alkanes of at least 4 members (excludes halogenated alkanes) is 1. The first-order chi connectivity index (χ1) is 6.24. The summed E-state index contributed by atoms with van der Waals surface area (Å²) in [6, 6.07) is 0. The van der Waals surface area contributed by atoms with Crippen LogP contribution in [-0.4, -0.2) is 26.8 Å². The van der Waals surface area contributed by atoms with Crippen molar-refractivity contribution in [3.05, 3.63) is 0 Å². The third-order valence-corrected chi connectivity index (χ3v) is 5.94. The molecule has 0 amide bonds. The van der Waals surface area contributed by atoms with E-state index in [1.54, 1.807) is 0 Å². The molecule has 0 aromatic rings. The molecule has 13 heavy (non-hydrogen) atoms. The molecule has 0 saturated heterocycles. The summed E-state index contributed by atoms with van der Waals surface area (Å²) >= 11 is -2.58. The van der Waals surface area contributed by atoms with Gasteiger partial charge in [0, 0.05) is 0 Å². The van der Waals surface area contributed by atoms with Gasteiger partial charge in [-0.3, -0.25) is 0 Å². The molecule has 0 spiro atoms. The van der Waals surface area contributed by atoms with Gasteiger partial charge in [0.2, 0.25) is 0 Å². The average molecular weight is 293 g/mol. The number of hydrogen-bond acceptors (Lipinski definition) is 2. The SMILES string of the molecule is CCC[CH2][Sn](=[O])[O]CC(CC)CC. The van der Waals surface area contributed by atoms with E-state index in [1.165, 1.54) is 0 Å². The van der Waals surface area contributed by atoms with E-state index in [0.29, 0.717) is 5.92 Å². The Kier molecular flexibility index (Phi) is 9.52. The molecule has 0 rings (SSSR count). The van der Waals surface area contributed by atoms with Crippen molar-refractivity contribution in [2.45, 2.75) is 50.9 Å². The molecule has 0 atom stereocenters. The molecule has 0 aliphatic heterocycles. The van der Waals surface area contributed by atoms with Crippen LogP contribution in [0, 0.1) is 5.92 Å². The second kappa shape index (κ2) is 9.13. The molecule has 0 heterocycles. The van der Waals surface area contributed by atoms with Crippen LogP contribution in [0.5, 0.6) is 0 Å². The van der Waals surface area contributed by atoms with Crippen LogP contribution in [-0.2, 0) is 6.15 Å². The van der Waals surface area contributed by atoms with Gasteiger partial charge in [0.05, 0.1) is 0 Å².